The van der Waals surface area contributed by atoms with E-state index >= 15 is 0 Å². The zero-order valence-corrected chi connectivity index (χ0v) is 14.5. The molecular formula is C18H16BrN2O2-. The van der Waals surface area contributed by atoms with Crippen molar-refractivity contribution >= 4 is 0 Å². The minimum atomic E-state index is 0. The molecule has 1 aliphatic heterocycles. The van der Waals surface area contributed by atoms with Gasteiger partial charge in [0.25, 0.3) is 0 Å². The van der Waals surface area contributed by atoms with E-state index in [0.29, 0.717) is 5.75 Å². The van der Waals surface area contributed by atoms with E-state index in [4.69, 9.17) is 14.5 Å². The monoisotopic (exact) mass is 371 g/mol. The van der Waals surface area contributed by atoms with Crippen LogP contribution in [0.1, 0.15) is 5.56 Å². The van der Waals surface area contributed by atoms with E-state index in [1.807, 2.05) is 18.2 Å². The van der Waals surface area contributed by atoms with Crippen molar-refractivity contribution in [3.05, 3.63) is 54.2 Å². The van der Waals surface area contributed by atoms with Crippen molar-refractivity contribution in [2.75, 3.05) is 14.2 Å². The number of benzene rings is 2. The summed E-state index contributed by atoms with van der Waals surface area (Å²) in [5, 5.41) is 0. The number of imidazole rings is 1. The van der Waals surface area contributed by atoms with Gasteiger partial charge in [0, 0.05) is 23.9 Å². The van der Waals surface area contributed by atoms with Crippen LogP contribution in [0.3, 0.4) is 0 Å². The van der Waals surface area contributed by atoms with Crippen molar-refractivity contribution in [1.82, 2.24) is 9.55 Å². The van der Waals surface area contributed by atoms with Crippen LogP contribution < -0.4 is 26.5 Å². The summed E-state index contributed by atoms with van der Waals surface area (Å²) in [6, 6.07) is 14.3. The highest BCUT2D eigenvalue weighted by molar-refractivity contribution is 5.71. The fourth-order valence-electron chi connectivity index (χ4n) is 2.95. The van der Waals surface area contributed by atoms with Gasteiger partial charge >= 0.3 is 0 Å². The summed E-state index contributed by atoms with van der Waals surface area (Å²) in [4.78, 5) is 4.80. The number of halogens is 1. The average molecular weight is 372 g/mol. The lowest BCUT2D eigenvalue weighted by molar-refractivity contribution is -0.00000494. The van der Waals surface area contributed by atoms with E-state index in [2.05, 4.69) is 35.0 Å². The molecule has 2 heterocycles. The normalized spacial score (nSPS) is 11.4. The summed E-state index contributed by atoms with van der Waals surface area (Å²) in [6.45, 7) is 0.881. The minimum absolute atomic E-state index is 0. The highest BCUT2D eigenvalue weighted by atomic mass is 79.9. The summed E-state index contributed by atoms with van der Waals surface area (Å²) < 4.78 is 12.8. The summed E-state index contributed by atoms with van der Waals surface area (Å²) in [5.74, 6) is 2.47. The molecule has 2 aromatic carbocycles. The van der Waals surface area contributed by atoms with Crippen LogP contribution in [0, 0.1) is 0 Å². The first kappa shape index (κ1) is 15.6. The number of rotatable bonds is 3. The number of methoxy groups -OCH3 is 2. The Morgan fingerprint density at radius 3 is 2.57 bits per heavy atom. The molecule has 5 heteroatoms. The summed E-state index contributed by atoms with van der Waals surface area (Å²) in [6.07, 6.45) is 2.09. The first-order valence-corrected chi connectivity index (χ1v) is 7.18. The molecule has 0 saturated carbocycles. The number of nitrogens with zero attached hydrogens (tertiary/aromatic N) is 2. The minimum Gasteiger partial charge on any atom is -1.00 e. The Labute approximate surface area is 145 Å². The predicted octanol–water partition coefficient (Wildman–Crippen LogP) is 0.600. The molecule has 0 saturated heterocycles. The van der Waals surface area contributed by atoms with Crippen LogP contribution in [0.4, 0.5) is 0 Å². The molecule has 0 fully saturated rings. The maximum Gasteiger partial charge on any atom is 0.161 e. The van der Waals surface area contributed by atoms with Gasteiger partial charge in [-0.2, -0.15) is 0 Å². The number of hydrogen-bond donors (Lipinski definition) is 0. The van der Waals surface area contributed by atoms with Crippen LogP contribution in [0.5, 0.6) is 11.5 Å². The molecular weight excluding hydrogens is 356 g/mol. The largest absolute Gasteiger partial charge is 1.00 e. The van der Waals surface area contributed by atoms with Gasteiger partial charge in [0.2, 0.25) is 0 Å². The topological polar surface area (TPSA) is 36.3 Å². The lowest BCUT2D eigenvalue weighted by Gasteiger charge is -2.08. The third kappa shape index (κ3) is 2.51. The predicted molar refractivity (Wildman–Crippen MR) is 85.3 cm³/mol. The van der Waals surface area contributed by atoms with Gasteiger partial charge in [0.1, 0.15) is 5.82 Å². The molecule has 4 nitrogen and oxygen atoms in total. The molecule has 0 radical (unpaired) electrons. The quantitative estimate of drug-likeness (QED) is 0.529. The van der Waals surface area contributed by atoms with Gasteiger partial charge in [-0.3, -0.25) is 0 Å². The second-order valence-corrected chi connectivity index (χ2v) is 5.30. The van der Waals surface area contributed by atoms with E-state index in [1.54, 1.807) is 14.2 Å². The number of ether oxygens (including phenoxy) is 2. The van der Waals surface area contributed by atoms with Crippen LogP contribution in [0.15, 0.2) is 48.7 Å². The van der Waals surface area contributed by atoms with Crippen LogP contribution in [0.2, 0.25) is 0 Å². The molecule has 0 unspecified atom stereocenters. The van der Waals surface area contributed by atoms with E-state index in [0.717, 1.165) is 29.4 Å². The van der Waals surface area contributed by atoms with Gasteiger partial charge in [-0.15, -0.1) is 0 Å². The van der Waals surface area contributed by atoms with Crippen LogP contribution in [0.25, 0.3) is 22.6 Å². The molecule has 3 aromatic rings. The van der Waals surface area contributed by atoms with E-state index in [9.17, 15) is 0 Å². The molecule has 4 rings (SSSR count). The highest BCUT2D eigenvalue weighted by Crippen LogP contribution is 2.36. The molecule has 0 atom stereocenters. The van der Waals surface area contributed by atoms with Crippen molar-refractivity contribution in [2.45, 2.75) is 6.54 Å². The lowest BCUT2D eigenvalue weighted by Crippen LogP contribution is -3.00. The Hall–Kier alpha value is -2.27. The molecule has 0 N–H and O–H groups in total. The molecule has 0 spiro atoms. The molecule has 0 amide bonds. The fourth-order valence-corrected chi connectivity index (χ4v) is 2.95. The van der Waals surface area contributed by atoms with Crippen molar-refractivity contribution in [1.29, 1.82) is 0 Å². The summed E-state index contributed by atoms with van der Waals surface area (Å²) >= 11 is 0. The van der Waals surface area contributed by atoms with Crippen molar-refractivity contribution in [2.24, 2.45) is 0 Å². The van der Waals surface area contributed by atoms with Crippen LogP contribution >= 0.6 is 0 Å². The summed E-state index contributed by atoms with van der Waals surface area (Å²) in [5.41, 5.74) is 4.51. The van der Waals surface area contributed by atoms with Gasteiger partial charge in [-0.05, 0) is 23.8 Å². The lowest BCUT2D eigenvalue weighted by atomic mass is 10.1. The Bertz CT molecular complexity index is 858. The van der Waals surface area contributed by atoms with Crippen LogP contribution in [-0.4, -0.2) is 23.8 Å². The second kappa shape index (κ2) is 6.08. The van der Waals surface area contributed by atoms with Gasteiger partial charge in [0.15, 0.2) is 11.5 Å². The second-order valence-electron chi connectivity index (χ2n) is 5.30. The number of aromatic nitrogens is 2. The van der Waals surface area contributed by atoms with Crippen molar-refractivity contribution < 1.29 is 26.5 Å². The highest BCUT2D eigenvalue weighted by Gasteiger charge is 2.21. The zero-order valence-electron chi connectivity index (χ0n) is 12.9. The third-order valence-electron chi connectivity index (χ3n) is 4.05. The van der Waals surface area contributed by atoms with Gasteiger partial charge in [-0.1, -0.05) is 24.3 Å². The van der Waals surface area contributed by atoms with Crippen molar-refractivity contribution in [3.63, 3.8) is 0 Å². The van der Waals surface area contributed by atoms with Crippen LogP contribution in [-0.2, 0) is 6.54 Å². The Morgan fingerprint density at radius 2 is 1.78 bits per heavy atom. The molecule has 1 aromatic heterocycles. The molecule has 23 heavy (non-hydrogen) atoms. The van der Waals surface area contributed by atoms with E-state index in [-0.39, 0.29) is 17.0 Å². The van der Waals surface area contributed by atoms with E-state index in [1.165, 1.54) is 11.1 Å². The van der Waals surface area contributed by atoms with Gasteiger partial charge < -0.3 is 31.0 Å². The Kier molecular flexibility index (Phi) is 4.13. The Morgan fingerprint density at radius 1 is 1.00 bits per heavy atom. The maximum absolute atomic E-state index is 5.37. The molecule has 0 aliphatic carbocycles. The first-order chi connectivity index (χ1) is 10.8. The molecule has 1 aliphatic rings. The number of hydrogen-bond acceptors (Lipinski definition) is 3. The standard InChI is InChI=1S/C18H16N2O2.BrH/c1-21-16-8-7-12(9-17(16)22-2)15-11-20-10-13-5-3-4-6-14(13)18(20)19-15;/h3-9,11H,10H2,1-2H3;1H/p-1. The smallest absolute Gasteiger partial charge is 0.161 e. The van der Waals surface area contributed by atoms with Gasteiger partial charge in [0.05, 0.1) is 19.9 Å². The number of fused-ring (bicyclic) bond motifs is 3. The van der Waals surface area contributed by atoms with E-state index < -0.39 is 0 Å². The fraction of sp³-hybridized carbons (Fsp3) is 0.167. The average Bonchev–Trinajstić information content (AvgIpc) is 3.12. The SMILES string of the molecule is COc1ccc(-c2cn3c(n2)-c2ccccc2C3)cc1OC.[Br-]. The summed E-state index contributed by atoms with van der Waals surface area (Å²) in [7, 11) is 3.28. The first-order valence-electron chi connectivity index (χ1n) is 7.18. The maximum atomic E-state index is 5.37. The van der Waals surface area contributed by atoms with Gasteiger partial charge in [-0.25, -0.2) is 4.98 Å². The Balaban J connectivity index is 0.00000156. The van der Waals surface area contributed by atoms with Crippen molar-refractivity contribution in [3.8, 4) is 34.1 Å². The zero-order chi connectivity index (χ0) is 15.1. The molecule has 118 valence electrons. The molecule has 0 bridgehead atoms. The third-order valence-corrected chi connectivity index (χ3v) is 4.05.